The van der Waals surface area contributed by atoms with Gasteiger partial charge in [-0.1, -0.05) is 12.1 Å². The first-order valence-electron chi connectivity index (χ1n) is 8.26. The lowest BCUT2D eigenvalue weighted by Crippen LogP contribution is -2.17. The Morgan fingerprint density at radius 2 is 2.36 bits per heavy atom. The molecule has 2 aromatic rings. The Balaban J connectivity index is 1.66. The molecule has 5 nitrogen and oxygen atoms in total. The number of aryl methyl sites for hydroxylation is 1. The Hall–Kier alpha value is -2.36. The molecule has 1 aromatic heterocycles. The van der Waals surface area contributed by atoms with Crippen LogP contribution in [0.5, 0.6) is 5.75 Å². The SMILES string of the molecule is COc1cccc(CCC(=O)Nc2sc3c(c2C#N)CCC(O)C3)c1. The van der Waals surface area contributed by atoms with Gasteiger partial charge in [-0.2, -0.15) is 5.26 Å². The van der Waals surface area contributed by atoms with Gasteiger partial charge in [-0.05, 0) is 42.5 Å². The Labute approximate surface area is 150 Å². The number of benzene rings is 1. The zero-order valence-corrected chi connectivity index (χ0v) is 14.9. The lowest BCUT2D eigenvalue weighted by atomic mass is 9.94. The van der Waals surface area contributed by atoms with Crippen molar-refractivity contribution in [3.63, 3.8) is 0 Å². The molecule has 1 aromatic carbocycles. The molecule has 0 saturated carbocycles. The number of thiophene rings is 1. The highest BCUT2D eigenvalue weighted by molar-refractivity contribution is 7.16. The molecule has 0 bridgehead atoms. The zero-order chi connectivity index (χ0) is 17.8. The third-order valence-electron chi connectivity index (χ3n) is 4.38. The van der Waals surface area contributed by atoms with E-state index in [2.05, 4.69) is 11.4 Å². The van der Waals surface area contributed by atoms with E-state index in [-0.39, 0.29) is 12.0 Å². The number of aliphatic hydroxyl groups excluding tert-OH is 1. The number of nitrogens with one attached hydrogen (secondary N) is 1. The summed E-state index contributed by atoms with van der Waals surface area (Å²) in [4.78, 5) is 13.3. The number of carbonyl (C=O) groups excluding carboxylic acids is 1. The first kappa shape index (κ1) is 17.5. The van der Waals surface area contributed by atoms with Gasteiger partial charge < -0.3 is 15.2 Å². The maximum Gasteiger partial charge on any atom is 0.225 e. The van der Waals surface area contributed by atoms with Crippen molar-refractivity contribution in [2.45, 2.75) is 38.2 Å². The largest absolute Gasteiger partial charge is 0.497 e. The van der Waals surface area contributed by atoms with Crippen LogP contribution >= 0.6 is 11.3 Å². The minimum absolute atomic E-state index is 0.113. The van der Waals surface area contributed by atoms with E-state index in [1.54, 1.807) is 7.11 Å². The van der Waals surface area contributed by atoms with Gasteiger partial charge in [0.05, 0.1) is 18.8 Å². The van der Waals surface area contributed by atoms with Crippen molar-refractivity contribution in [2.24, 2.45) is 0 Å². The Bertz CT molecular complexity index is 823. The summed E-state index contributed by atoms with van der Waals surface area (Å²) >= 11 is 1.41. The fourth-order valence-corrected chi connectivity index (χ4v) is 4.34. The zero-order valence-electron chi connectivity index (χ0n) is 14.0. The van der Waals surface area contributed by atoms with Crippen molar-refractivity contribution in [1.29, 1.82) is 5.26 Å². The number of anilines is 1. The third kappa shape index (κ3) is 4.01. The molecular weight excluding hydrogens is 336 g/mol. The highest BCUT2D eigenvalue weighted by Crippen LogP contribution is 2.37. The van der Waals surface area contributed by atoms with E-state index in [0.717, 1.165) is 21.8 Å². The monoisotopic (exact) mass is 356 g/mol. The van der Waals surface area contributed by atoms with E-state index >= 15 is 0 Å². The van der Waals surface area contributed by atoms with Gasteiger partial charge in [0, 0.05) is 17.7 Å². The smallest absolute Gasteiger partial charge is 0.225 e. The van der Waals surface area contributed by atoms with Crippen LogP contribution in [0.3, 0.4) is 0 Å². The Kier molecular flexibility index (Phi) is 5.37. The van der Waals surface area contributed by atoms with Crippen LogP contribution < -0.4 is 10.1 Å². The number of nitrogens with zero attached hydrogens (tertiary/aromatic N) is 1. The van der Waals surface area contributed by atoms with E-state index in [0.29, 0.717) is 42.7 Å². The number of methoxy groups -OCH3 is 1. The van der Waals surface area contributed by atoms with Gasteiger partial charge in [-0.3, -0.25) is 4.79 Å². The lowest BCUT2D eigenvalue weighted by molar-refractivity contribution is -0.116. The van der Waals surface area contributed by atoms with Crippen LogP contribution in [0.25, 0.3) is 0 Å². The van der Waals surface area contributed by atoms with Gasteiger partial charge in [0.25, 0.3) is 0 Å². The van der Waals surface area contributed by atoms with Crippen molar-refractivity contribution < 1.29 is 14.6 Å². The second-order valence-electron chi connectivity index (χ2n) is 6.12. The topological polar surface area (TPSA) is 82.3 Å². The molecule has 1 unspecified atom stereocenters. The van der Waals surface area contributed by atoms with E-state index in [9.17, 15) is 15.2 Å². The second kappa shape index (κ2) is 7.68. The van der Waals surface area contributed by atoms with Gasteiger partial charge in [0.2, 0.25) is 5.91 Å². The highest BCUT2D eigenvalue weighted by atomic mass is 32.1. The maximum atomic E-state index is 12.3. The molecule has 2 N–H and O–H groups in total. The molecule has 6 heteroatoms. The van der Waals surface area contributed by atoms with Crippen molar-refractivity contribution in [2.75, 3.05) is 12.4 Å². The number of carbonyl (C=O) groups is 1. The molecule has 1 atom stereocenters. The van der Waals surface area contributed by atoms with Crippen molar-refractivity contribution in [3.05, 3.63) is 45.8 Å². The molecule has 1 aliphatic rings. The number of nitriles is 1. The van der Waals surface area contributed by atoms with Gasteiger partial charge in [0.1, 0.15) is 16.8 Å². The molecule has 0 aliphatic heterocycles. The van der Waals surface area contributed by atoms with E-state index in [4.69, 9.17) is 4.74 Å². The normalized spacial score (nSPS) is 16.0. The predicted octanol–water partition coefficient (Wildman–Crippen LogP) is 3.05. The molecule has 0 spiro atoms. The fourth-order valence-electron chi connectivity index (χ4n) is 3.05. The van der Waals surface area contributed by atoms with Crippen molar-refractivity contribution in [3.8, 4) is 11.8 Å². The number of rotatable bonds is 5. The molecule has 1 heterocycles. The lowest BCUT2D eigenvalue weighted by Gasteiger charge is -2.16. The first-order chi connectivity index (χ1) is 12.1. The summed E-state index contributed by atoms with van der Waals surface area (Å²) in [6, 6.07) is 9.86. The molecule has 25 heavy (non-hydrogen) atoms. The molecule has 0 radical (unpaired) electrons. The summed E-state index contributed by atoms with van der Waals surface area (Å²) in [5.74, 6) is 0.660. The van der Waals surface area contributed by atoms with Gasteiger partial charge in [-0.15, -0.1) is 11.3 Å². The first-order valence-corrected chi connectivity index (χ1v) is 9.08. The predicted molar refractivity (Wildman–Crippen MR) is 97.0 cm³/mol. The van der Waals surface area contributed by atoms with Gasteiger partial charge >= 0.3 is 0 Å². The fraction of sp³-hybridized carbons (Fsp3) is 0.368. The number of ether oxygens (including phenoxy) is 1. The summed E-state index contributed by atoms with van der Waals surface area (Å²) < 4.78 is 5.19. The summed E-state index contributed by atoms with van der Waals surface area (Å²) in [5.41, 5.74) is 2.58. The van der Waals surface area contributed by atoms with Crippen molar-refractivity contribution in [1.82, 2.24) is 0 Å². The van der Waals surface area contributed by atoms with Crippen molar-refractivity contribution >= 4 is 22.2 Å². The van der Waals surface area contributed by atoms with Crippen LogP contribution in [0.1, 0.15) is 34.4 Å². The summed E-state index contributed by atoms with van der Waals surface area (Å²) in [5, 5.41) is 22.7. The summed E-state index contributed by atoms with van der Waals surface area (Å²) in [6.07, 6.45) is 2.51. The van der Waals surface area contributed by atoms with E-state index < -0.39 is 0 Å². The van der Waals surface area contributed by atoms with Crippen LogP contribution in [0.15, 0.2) is 24.3 Å². The van der Waals surface area contributed by atoms with Crippen LogP contribution in [-0.2, 0) is 24.1 Å². The third-order valence-corrected chi connectivity index (χ3v) is 5.55. The number of hydrogen-bond donors (Lipinski definition) is 2. The molecule has 3 rings (SSSR count). The Morgan fingerprint density at radius 1 is 1.52 bits per heavy atom. The van der Waals surface area contributed by atoms with Crippen LogP contribution in [0.4, 0.5) is 5.00 Å². The molecule has 130 valence electrons. The summed E-state index contributed by atoms with van der Waals surface area (Å²) in [6.45, 7) is 0. The minimum Gasteiger partial charge on any atom is -0.497 e. The summed E-state index contributed by atoms with van der Waals surface area (Å²) in [7, 11) is 1.62. The molecule has 1 amide bonds. The van der Waals surface area contributed by atoms with E-state index in [1.165, 1.54) is 11.3 Å². The highest BCUT2D eigenvalue weighted by Gasteiger charge is 2.25. The molecule has 1 aliphatic carbocycles. The van der Waals surface area contributed by atoms with Gasteiger partial charge in [0.15, 0.2) is 0 Å². The molecule has 0 saturated heterocycles. The van der Waals surface area contributed by atoms with Gasteiger partial charge in [-0.25, -0.2) is 0 Å². The average Bonchev–Trinajstić information content (AvgIpc) is 2.96. The standard InChI is InChI=1S/C19H20N2O3S/c1-24-14-4-2-3-12(9-14)5-8-18(23)21-19-16(11-20)15-7-6-13(22)10-17(15)25-19/h2-4,9,13,22H,5-8,10H2,1H3,(H,21,23). The number of amides is 1. The number of aliphatic hydroxyl groups is 1. The maximum absolute atomic E-state index is 12.3. The molecular formula is C19H20N2O3S. The quantitative estimate of drug-likeness (QED) is 0.863. The average molecular weight is 356 g/mol. The molecule has 0 fully saturated rings. The minimum atomic E-state index is -0.352. The van der Waals surface area contributed by atoms with E-state index in [1.807, 2.05) is 24.3 Å². The number of fused-ring (bicyclic) bond motifs is 1. The van der Waals surface area contributed by atoms with Crippen LogP contribution in [-0.4, -0.2) is 24.2 Å². The second-order valence-corrected chi connectivity index (χ2v) is 7.22. The number of hydrogen-bond acceptors (Lipinski definition) is 5. The van der Waals surface area contributed by atoms with Crippen LogP contribution in [0.2, 0.25) is 0 Å². The Morgan fingerprint density at radius 3 is 3.12 bits per heavy atom. The van der Waals surface area contributed by atoms with Crippen LogP contribution in [0, 0.1) is 11.3 Å².